The zero-order valence-corrected chi connectivity index (χ0v) is 15.9. The van der Waals surface area contributed by atoms with Gasteiger partial charge >= 0.3 is 0 Å². The minimum Gasteiger partial charge on any atom is -0.493 e. The van der Waals surface area contributed by atoms with E-state index in [1.807, 2.05) is 36.4 Å². The summed E-state index contributed by atoms with van der Waals surface area (Å²) in [5.41, 5.74) is 2.17. The summed E-state index contributed by atoms with van der Waals surface area (Å²) in [4.78, 5) is 16.8. The lowest BCUT2D eigenvalue weighted by Crippen LogP contribution is -2.23. The van der Waals surface area contributed by atoms with E-state index in [9.17, 15) is 4.79 Å². The Bertz CT molecular complexity index is 927. The predicted octanol–water partition coefficient (Wildman–Crippen LogP) is 4.41. The van der Waals surface area contributed by atoms with Crippen LogP contribution < -0.4 is 14.8 Å². The second kappa shape index (κ2) is 8.21. The van der Waals surface area contributed by atoms with Crippen molar-refractivity contribution >= 4 is 28.8 Å². The van der Waals surface area contributed by atoms with Gasteiger partial charge in [0.1, 0.15) is 10.7 Å². The number of thiazole rings is 1. The maximum Gasteiger partial charge on any atom is 0.271 e. The van der Waals surface area contributed by atoms with Gasteiger partial charge in [-0.25, -0.2) is 4.98 Å². The zero-order valence-electron chi connectivity index (χ0n) is 14.3. The standard InChI is InChI=1S/C19H17ClN2O3S/c1-24-16-7-6-13(9-17(16)25-2)19-22-15(11-26-19)18(23)21-10-12-4-3-5-14(20)8-12/h3-9,11H,10H2,1-2H3,(H,21,23). The summed E-state index contributed by atoms with van der Waals surface area (Å²) in [5, 5.41) is 5.96. The Morgan fingerprint density at radius 2 is 1.96 bits per heavy atom. The molecule has 0 bridgehead atoms. The van der Waals surface area contributed by atoms with E-state index in [0.29, 0.717) is 28.8 Å². The number of hydrogen-bond acceptors (Lipinski definition) is 5. The van der Waals surface area contributed by atoms with Crippen LogP contribution in [0.25, 0.3) is 10.6 Å². The number of aromatic nitrogens is 1. The van der Waals surface area contributed by atoms with E-state index in [1.54, 1.807) is 25.7 Å². The molecular formula is C19H17ClN2O3S. The number of rotatable bonds is 6. The number of carbonyl (C=O) groups excluding carboxylic acids is 1. The van der Waals surface area contributed by atoms with Gasteiger partial charge in [0.15, 0.2) is 11.5 Å². The van der Waals surface area contributed by atoms with Gasteiger partial charge in [-0.3, -0.25) is 4.79 Å². The highest BCUT2D eigenvalue weighted by Crippen LogP contribution is 2.33. The molecule has 5 nitrogen and oxygen atoms in total. The number of hydrogen-bond donors (Lipinski definition) is 1. The number of methoxy groups -OCH3 is 2. The van der Waals surface area contributed by atoms with Crippen molar-refractivity contribution in [1.82, 2.24) is 10.3 Å². The third-order valence-corrected chi connectivity index (χ3v) is 4.84. The van der Waals surface area contributed by atoms with Crippen LogP contribution in [-0.4, -0.2) is 25.1 Å². The van der Waals surface area contributed by atoms with Gasteiger partial charge in [0, 0.05) is 22.5 Å². The molecular weight excluding hydrogens is 372 g/mol. The fourth-order valence-electron chi connectivity index (χ4n) is 2.40. The van der Waals surface area contributed by atoms with Crippen molar-refractivity contribution < 1.29 is 14.3 Å². The fraction of sp³-hybridized carbons (Fsp3) is 0.158. The van der Waals surface area contributed by atoms with Gasteiger partial charge in [-0.05, 0) is 35.9 Å². The van der Waals surface area contributed by atoms with E-state index in [2.05, 4.69) is 10.3 Å². The van der Waals surface area contributed by atoms with Gasteiger partial charge in [-0.2, -0.15) is 0 Å². The number of amides is 1. The predicted molar refractivity (Wildman–Crippen MR) is 103 cm³/mol. The number of halogens is 1. The largest absolute Gasteiger partial charge is 0.493 e. The lowest BCUT2D eigenvalue weighted by Gasteiger charge is -2.08. The number of nitrogens with one attached hydrogen (secondary N) is 1. The first-order valence-corrected chi connectivity index (χ1v) is 9.07. The Morgan fingerprint density at radius 3 is 2.69 bits per heavy atom. The van der Waals surface area contributed by atoms with E-state index in [0.717, 1.165) is 16.1 Å². The number of carbonyl (C=O) groups is 1. The molecule has 0 spiro atoms. The molecule has 26 heavy (non-hydrogen) atoms. The molecule has 0 aliphatic rings. The van der Waals surface area contributed by atoms with Crippen LogP contribution in [0.3, 0.4) is 0 Å². The van der Waals surface area contributed by atoms with E-state index in [-0.39, 0.29) is 5.91 Å². The van der Waals surface area contributed by atoms with Crippen molar-refractivity contribution in [3.63, 3.8) is 0 Å². The maximum atomic E-state index is 12.3. The van der Waals surface area contributed by atoms with Crippen molar-refractivity contribution in [2.24, 2.45) is 0 Å². The summed E-state index contributed by atoms with van der Waals surface area (Å²) in [6.45, 7) is 0.391. The third kappa shape index (κ3) is 4.15. The summed E-state index contributed by atoms with van der Waals surface area (Å²) >= 11 is 7.35. The SMILES string of the molecule is COc1ccc(-c2nc(C(=O)NCc3cccc(Cl)c3)cs2)cc1OC. The summed E-state index contributed by atoms with van der Waals surface area (Å²) in [7, 11) is 3.17. The Kier molecular flexibility index (Phi) is 5.75. The first-order valence-electron chi connectivity index (χ1n) is 7.81. The molecule has 1 aromatic heterocycles. The smallest absolute Gasteiger partial charge is 0.271 e. The van der Waals surface area contributed by atoms with Crippen LogP contribution in [0.2, 0.25) is 5.02 Å². The van der Waals surface area contributed by atoms with E-state index >= 15 is 0 Å². The third-order valence-electron chi connectivity index (χ3n) is 3.71. The van der Waals surface area contributed by atoms with Crippen LogP contribution in [0, 0.1) is 0 Å². The summed E-state index contributed by atoms with van der Waals surface area (Å²) in [6, 6.07) is 12.9. The van der Waals surface area contributed by atoms with Crippen LogP contribution >= 0.6 is 22.9 Å². The zero-order chi connectivity index (χ0) is 18.5. The lowest BCUT2D eigenvalue weighted by molar-refractivity contribution is 0.0946. The van der Waals surface area contributed by atoms with Crippen molar-refractivity contribution in [1.29, 1.82) is 0 Å². The molecule has 0 unspecified atom stereocenters. The molecule has 0 atom stereocenters. The van der Waals surface area contributed by atoms with Crippen LogP contribution in [0.15, 0.2) is 47.8 Å². The molecule has 0 radical (unpaired) electrons. The summed E-state index contributed by atoms with van der Waals surface area (Å²) in [6.07, 6.45) is 0. The van der Waals surface area contributed by atoms with Gasteiger partial charge in [-0.15, -0.1) is 11.3 Å². The highest BCUT2D eigenvalue weighted by atomic mass is 35.5. The molecule has 0 aliphatic carbocycles. The van der Waals surface area contributed by atoms with E-state index in [1.165, 1.54) is 11.3 Å². The molecule has 1 N–H and O–H groups in total. The number of ether oxygens (including phenoxy) is 2. The van der Waals surface area contributed by atoms with E-state index < -0.39 is 0 Å². The minimum atomic E-state index is -0.229. The maximum absolute atomic E-state index is 12.3. The van der Waals surface area contributed by atoms with Crippen molar-refractivity contribution in [2.45, 2.75) is 6.54 Å². The average molecular weight is 389 g/mol. The minimum absolute atomic E-state index is 0.229. The van der Waals surface area contributed by atoms with Crippen LogP contribution in [0.4, 0.5) is 0 Å². The van der Waals surface area contributed by atoms with Crippen molar-refractivity contribution in [3.8, 4) is 22.1 Å². The highest BCUT2D eigenvalue weighted by Gasteiger charge is 2.13. The number of benzene rings is 2. The van der Waals surface area contributed by atoms with Crippen LogP contribution in [0.1, 0.15) is 16.1 Å². The molecule has 1 heterocycles. The quantitative estimate of drug-likeness (QED) is 0.679. The van der Waals surface area contributed by atoms with Gasteiger partial charge in [-0.1, -0.05) is 23.7 Å². The van der Waals surface area contributed by atoms with Gasteiger partial charge in [0.25, 0.3) is 5.91 Å². The topological polar surface area (TPSA) is 60.5 Å². The van der Waals surface area contributed by atoms with Crippen molar-refractivity contribution in [3.05, 3.63) is 64.1 Å². The van der Waals surface area contributed by atoms with Gasteiger partial charge < -0.3 is 14.8 Å². The molecule has 2 aromatic carbocycles. The molecule has 7 heteroatoms. The summed E-state index contributed by atoms with van der Waals surface area (Å²) in [5.74, 6) is 1.03. The second-order valence-electron chi connectivity index (χ2n) is 5.42. The molecule has 0 fully saturated rings. The van der Waals surface area contributed by atoms with E-state index in [4.69, 9.17) is 21.1 Å². The number of nitrogens with zero attached hydrogens (tertiary/aromatic N) is 1. The van der Waals surface area contributed by atoms with Gasteiger partial charge in [0.2, 0.25) is 0 Å². The summed E-state index contributed by atoms with van der Waals surface area (Å²) < 4.78 is 10.5. The molecule has 3 aromatic rings. The average Bonchev–Trinajstić information content (AvgIpc) is 3.16. The van der Waals surface area contributed by atoms with Gasteiger partial charge in [0.05, 0.1) is 14.2 Å². The lowest BCUT2D eigenvalue weighted by atomic mass is 10.2. The normalized spacial score (nSPS) is 10.4. The van der Waals surface area contributed by atoms with Crippen molar-refractivity contribution in [2.75, 3.05) is 14.2 Å². The molecule has 0 saturated heterocycles. The van der Waals surface area contributed by atoms with Crippen LogP contribution in [-0.2, 0) is 6.54 Å². The monoisotopic (exact) mass is 388 g/mol. The Hall–Kier alpha value is -2.57. The van der Waals surface area contributed by atoms with Crippen LogP contribution in [0.5, 0.6) is 11.5 Å². The molecule has 3 rings (SSSR count). The Morgan fingerprint density at radius 1 is 1.15 bits per heavy atom. The first-order chi connectivity index (χ1) is 12.6. The Labute approximate surface area is 160 Å². The fourth-order valence-corrected chi connectivity index (χ4v) is 3.41. The first kappa shape index (κ1) is 18.2. The molecule has 0 saturated carbocycles. The molecule has 134 valence electrons. The molecule has 1 amide bonds. The highest BCUT2D eigenvalue weighted by molar-refractivity contribution is 7.13. The second-order valence-corrected chi connectivity index (χ2v) is 6.71. The molecule has 0 aliphatic heterocycles. The Balaban J connectivity index is 1.72.